The molecular weight excluding hydrogens is 328 g/mol. The molecule has 3 heteroatoms. The van der Waals surface area contributed by atoms with Crippen LogP contribution in [0.1, 0.15) is 0 Å². The van der Waals surface area contributed by atoms with E-state index in [1.165, 1.54) is 17.2 Å². The van der Waals surface area contributed by atoms with E-state index in [-0.39, 0.29) is 0 Å². The van der Waals surface area contributed by atoms with E-state index < -0.39 is 8.07 Å². The van der Waals surface area contributed by atoms with Gasteiger partial charge in [-0.1, -0.05) is 59.8 Å². The molecule has 106 valence electrons. The first kappa shape index (κ1) is 15.3. The van der Waals surface area contributed by atoms with E-state index in [1.54, 1.807) is 0 Å². The molecular formula is C17H21BrOSi. The Hall–Kier alpha value is -1.06. The highest BCUT2D eigenvalue weighted by Gasteiger charge is 2.12. The van der Waals surface area contributed by atoms with E-state index in [0.29, 0.717) is 0 Å². The Morgan fingerprint density at radius 1 is 0.850 bits per heavy atom. The van der Waals surface area contributed by atoms with Crippen molar-refractivity contribution in [3.05, 3.63) is 53.0 Å². The molecule has 0 fully saturated rings. The summed E-state index contributed by atoms with van der Waals surface area (Å²) in [5.41, 5.74) is 2.44. The Kier molecular flexibility index (Phi) is 5.05. The van der Waals surface area contributed by atoms with Crippen molar-refractivity contribution >= 4 is 24.0 Å². The number of rotatable bonds is 5. The average molecular weight is 349 g/mol. The number of halogens is 1. The number of ether oxygens (including phenoxy) is 1. The zero-order chi connectivity index (χ0) is 14.6. The highest BCUT2D eigenvalue weighted by Crippen LogP contribution is 2.24. The van der Waals surface area contributed by atoms with Gasteiger partial charge < -0.3 is 4.74 Å². The van der Waals surface area contributed by atoms with Crippen LogP contribution in [0.3, 0.4) is 0 Å². The summed E-state index contributed by atoms with van der Waals surface area (Å²) in [5.74, 6) is 0.962. The summed E-state index contributed by atoms with van der Waals surface area (Å²) in [4.78, 5) is 0. The highest BCUT2D eigenvalue weighted by atomic mass is 79.9. The molecule has 0 bridgehead atoms. The first-order chi connectivity index (χ1) is 9.44. The molecule has 2 aromatic carbocycles. The molecule has 2 aromatic rings. The van der Waals surface area contributed by atoms with Gasteiger partial charge in [0.1, 0.15) is 5.75 Å². The fourth-order valence-electron chi connectivity index (χ4n) is 1.86. The first-order valence-electron chi connectivity index (χ1n) is 6.93. The molecule has 0 aromatic heterocycles. The van der Waals surface area contributed by atoms with Crippen LogP contribution in [0.25, 0.3) is 11.1 Å². The van der Waals surface area contributed by atoms with Crippen molar-refractivity contribution in [2.75, 3.05) is 6.61 Å². The Morgan fingerprint density at radius 2 is 1.35 bits per heavy atom. The monoisotopic (exact) mass is 348 g/mol. The minimum absolute atomic E-state index is 0.827. The molecule has 0 atom stereocenters. The third kappa shape index (κ3) is 4.80. The molecule has 0 radical (unpaired) electrons. The predicted octanol–water partition coefficient (Wildman–Crippen LogP) is 5.83. The third-order valence-corrected chi connectivity index (χ3v) is 5.39. The second-order valence-electron chi connectivity index (χ2n) is 6.19. The molecule has 1 nitrogen and oxygen atoms in total. The maximum atomic E-state index is 5.82. The van der Waals surface area contributed by atoms with Crippen LogP contribution in [-0.2, 0) is 0 Å². The Bertz CT molecular complexity index is 541. The lowest BCUT2D eigenvalue weighted by Gasteiger charge is -2.16. The zero-order valence-electron chi connectivity index (χ0n) is 12.3. The largest absolute Gasteiger partial charge is 0.494 e. The van der Waals surface area contributed by atoms with E-state index in [0.717, 1.165) is 16.8 Å². The molecule has 0 aliphatic heterocycles. The standard InChI is InChI=1S/C17H21BrOSi/c1-20(2,3)13-12-19-17-10-6-15(7-11-17)14-4-8-16(18)9-5-14/h4-11H,12-13H2,1-3H3. The van der Waals surface area contributed by atoms with Crippen molar-refractivity contribution in [1.82, 2.24) is 0 Å². The van der Waals surface area contributed by atoms with Gasteiger partial charge in [-0.3, -0.25) is 0 Å². The normalized spacial score (nSPS) is 11.4. The molecule has 0 aliphatic carbocycles. The molecule has 0 amide bonds. The van der Waals surface area contributed by atoms with Crippen molar-refractivity contribution < 1.29 is 4.74 Å². The van der Waals surface area contributed by atoms with E-state index in [4.69, 9.17) is 4.74 Å². The fourth-order valence-corrected chi connectivity index (χ4v) is 2.84. The van der Waals surface area contributed by atoms with Gasteiger partial charge in [0.2, 0.25) is 0 Å². The number of hydrogen-bond donors (Lipinski definition) is 0. The molecule has 0 spiro atoms. The van der Waals surface area contributed by atoms with Crippen molar-refractivity contribution in [1.29, 1.82) is 0 Å². The summed E-state index contributed by atoms with van der Waals surface area (Å²) in [6.45, 7) is 7.93. The minimum Gasteiger partial charge on any atom is -0.494 e. The van der Waals surface area contributed by atoms with Gasteiger partial charge in [0, 0.05) is 12.5 Å². The van der Waals surface area contributed by atoms with Crippen LogP contribution in [0.15, 0.2) is 53.0 Å². The maximum absolute atomic E-state index is 5.82. The number of benzene rings is 2. The quantitative estimate of drug-likeness (QED) is 0.617. The molecule has 2 rings (SSSR count). The SMILES string of the molecule is C[Si](C)(C)CCOc1ccc(-c2ccc(Br)cc2)cc1. The summed E-state index contributed by atoms with van der Waals surface area (Å²) in [5, 5.41) is 0. The lowest BCUT2D eigenvalue weighted by Crippen LogP contribution is -2.22. The van der Waals surface area contributed by atoms with Gasteiger partial charge in [-0.2, -0.15) is 0 Å². The van der Waals surface area contributed by atoms with Crippen molar-refractivity contribution in [2.24, 2.45) is 0 Å². The second-order valence-corrected chi connectivity index (χ2v) is 12.7. The summed E-state index contributed by atoms with van der Waals surface area (Å²) >= 11 is 3.46. The van der Waals surface area contributed by atoms with Crippen LogP contribution in [0.5, 0.6) is 5.75 Å². The second kappa shape index (κ2) is 6.59. The summed E-state index contributed by atoms with van der Waals surface area (Å²) in [6, 6.07) is 17.9. The molecule has 0 N–H and O–H groups in total. The summed E-state index contributed by atoms with van der Waals surface area (Å²) in [6.07, 6.45) is 0. The van der Waals surface area contributed by atoms with Crippen molar-refractivity contribution in [2.45, 2.75) is 25.7 Å². The van der Waals surface area contributed by atoms with Gasteiger partial charge in [0.05, 0.1) is 6.61 Å². The van der Waals surface area contributed by atoms with Gasteiger partial charge in [-0.25, -0.2) is 0 Å². The van der Waals surface area contributed by atoms with E-state index in [1.807, 2.05) is 0 Å². The molecule has 0 heterocycles. The minimum atomic E-state index is -1.01. The van der Waals surface area contributed by atoms with Gasteiger partial charge in [0.15, 0.2) is 0 Å². The molecule has 20 heavy (non-hydrogen) atoms. The number of hydrogen-bond acceptors (Lipinski definition) is 1. The Morgan fingerprint density at radius 3 is 1.85 bits per heavy atom. The van der Waals surface area contributed by atoms with Crippen LogP contribution < -0.4 is 4.74 Å². The zero-order valence-corrected chi connectivity index (χ0v) is 14.9. The van der Waals surface area contributed by atoms with Gasteiger partial charge >= 0.3 is 0 Å². The summed E-state index contributed by atoms with van der Waals surface area (Å²) < 4.78 is 6.92. The Labute approximate surface area is 131 Å². The first-order valence-corrected chi connectivity index (χ1v) is 11.4. The Balaban J connectivity index is 1.98. The van der Waals surface area contributed by atoms with Crippen molar-refractivity contribution in [3.8, 4) is 16.9 Å². The smallest absolute Gasteiger partial charge is 0.119 e. The topological polar surface area (TPSA) is 9.23 Å². The van der Waals surface area contributed by atoms with E-state index in [9.17, 15) is 0 Å². The van der Waals surface area contributed by atoms with Crippen LogP contribution in [0.4, 0.5) is 0 Å². The lowest BCUT2D eigenvalue weighted by atomic mass is 10.1. The van der Waals surface area contributed by atoms with Crippen LogP contribution in [-0.4, -0.2) is 14.7 Å². The van der Waals surface area contributed by atoms with Gasteiger partial charge in [-0.05, 0) is 41.4 Å². The summed E-state index contributed by atoms with van der Waals surface area (Å²) in [7, 11) is -1.01. The van der Waals surface area contributed by atoms with Crippen molar-refractivity contribution in [3.63, 3.8) is 0 Å². The fraction of sp³-hybridized carbons (Fsp3) is 0.294. The maximum Gasteiger partial charge on any atom is 0.119 e. The van der Waals surface area contributed by atoms with Crippen LogP contribution >= 0.6 is 15.9 Å². The predicted molar refractivity (Wildman–Crippen MR) is 93.2 cm³/mol. The third-order valence-electron chi connectivity index (χ3n) is 3.15. The molecule has 0 saturated carbocycles. The lowest BCUT2D eigenvalue weighted by molar-refractivity contribution is 0.338. The average Bonchev–Trinajstić information content (AvgIpc) is 2.39. The van der Waals surface area contributed by atoms with E-state index in [2.05, 4.69) is 84.1 Å². The molecule has 0 saturated heterocycles. The van der Waals surface area contributed by atoms with Gasteiger partial charge in [0.25, 0.3) is 0 Å². The molecule has 0 unspecified atom stereocenters. The highest BCUT2D eigenvalue weighted by molar-refractivity contribution is 9.10. The molecule has 0 aliphatic rings. The van der Waals surface area contributed by atoms with Crippen LogP contribution in [0, 0.1) is 0 Å². The van der Waals surface area contributed by atoms with E-state index >= 15 is 0 Å². The van der Waals surface area contributed by atoms with Gasteiger partial charge in [-0.15, -0.1) is 0 Å². The van der Waals surface area contributed by atoms with Crippen LogP contribution in [0.2, 0.25) is 25.7 Å².